The number of amides is 4. The molecule has 0 spiro atoms. The molecular formula is C51H60F3N5O17S3. The summed E-state index contributed by atoms with van der Waals surface area (Å²) in [5.41, 5.74) is 0.259. The van der Waals surface area contributed by atoms with Gasteiger partial charge in [0.05, 0.1) is 60.8 Å². The fraction of sp³-hybridized carbons (Fsp3) is 0.510. The van der Waals surface area contributed by atoms with Crippen LogP contribution in [-0.2, 0) is 54.6 Å². The first-order valence-corrected chi connectivity index (χ1v) is 29.3. The van der Waals surface area contributed by atoms with Crippen LogP contribution in [0.5, 0.6) is 5.75 Å². The zero-order valence-electron chi connectivity index (χ0n) is 42.3. The number of sulfone groups is 1. The first-order chi connectivity index (χ1) is 37.6. The number of aromatic hydroxyl groups is 1. The van der Waals surface area contributed by atoms with Gasteiger partial charge >= 0.3 is 11.9 Å². The van der Waals surface area contributed by atoms with Gasteiger partial charge in [0.15, 0.2) is 27.6 Å². The maximum Gasteiger partial charge on any atom is 0.336 e. The molecule has 9 unspecified atom stereocenters. The highest BCUT2D eigenvalue weighted by Gasteiger charge is 2.57. The second-order valence-corrected chi connectivity index (χ2v) is 23.5. The summed E-state index contributed by atoms with van der Waals surface area (Å²) in [5.74, 6) is -7.05. The first-order valence-electron chi connectivity index (χ1n) is 25.4. The number of aliphatic carboxylic acids is 1. The van der Waals surface area contributed by atoms with Crippen molar-refractivity contribution in [3.05, 3.63) is 70.4 Å². The molecule has 430 valence electrons. The van der Waals surface area contributed by atoms with E-state index in [4.69, 9.17) is 13.9 Å². The Morgan fingerprint density at radius 1 is 0.823 bits per heavy atom. The molecule has 4 amide bonds. The van der Waals surface area contributed by atoms with E-state index >= 15 is 13.2 Å². The van der Waals surface area contributed by atoms with E-state index in [-0.39, 0.29) is 90.9 Å². The number of hydrogen-bond donors (Lipinski definition) is 8. The van der Waals surface area contributed by atoms with E-state index in [9.17, 15) is 66.1 Å². The second kappa shape index (κ2) is 27.4. The van der Waals surface area contributed by atoms with Crippen LogP contribution in [0.15, 0.2) is 63.8 Å². The van der Waals surface area contributed by atoms with Crippen molar-refractivity contribution in [2.45, 2.75) is 117 Å². The molecule has 1 saturated heterocycles. The standard InChI is InChI=1S/C51H60F3N5O17S3/c52-43-44(53)48(47(45(54)46(43)58-78(70)71)56-27-6-4-2-1-3-5-7-27)79(72,73)21-15-39(62)55-16-18-75-20-19-74-17-14-40(63)57-35(51(68)69)26-77-38-25-41(64)59(49(38)65)28-8-11-31(34(22-28)50(66)67)42-32-12-9-29(60)23-36(32)76-37-24-30(61)10-13-33(37)42/h8-13,22-24,27,35,38,43-48,56,58,60H,1-7,14-21,25-26H2,(H,55,62)(H,57,63)(H,66,67)(H,68,69)(H,70,71). The molecule has 28 heteroatoms. The van der Waals surface area contributed by atoms with Crippen molar-refractivity contribution >= 4 is 85.1 Å². The van der Waals surface area contributed by atoms with Crippen molar-refractivity contribution < 1.29 is 88.3 Å². The zero-order chi connectivity index (χ0) is 57.1. The Hall–Kier alpha value is -6.01. The highest BCUT2D eigenvalue weighted by atomic mass is 32.2. The van der Waals surface area contributed by atoms with E-state index in [1.165, 1.54) is 48.5 Å². The van der Waals surface area contributed by atoms with Crippen LogP contribution in [0.4, 0.5) is 18.9 Å². The maximum atomic E-state index is 15.9. The van der Waals surface area contributed by atoms with Crippen molar-refractivity contribution in [3.8, 4) is 28.2 Å². The number of carboxylic acids is 2. The normalized spacial score (nSPS) is 23.0. The van der Waals surface area contributed by atoms with E-state index in [1.807, 2.05) is 0 Å². The number of rotatable bonds is 25. The van der Waals surface area contributed by atoms with E-state index < -0.39 is 122 Å². The number of nitrogens with one attached hydrogen (secondary N) is 4. The smallest absolute Gasteiger partial charge is 0.336 e. The Balaban J connectivity index is 0.824. The lowest BCUT2D eigenvalue weighted by atomic mass is 9.85. The third-order valence-electron chi connectivity index (χ3n) is 13.9. The highest BCUT2D eigenvalue weighted by Crippen LogP contribution is 2.43. The molecule has 3 aliphatic carbocycles. The number of benzene rings is 3. The number of imide groups is 1. The topological polar surface area (TPSA) is 335 Å². The van der Waals surface area contributed by atoms with Crippen LogP contribution in [0.2, 0.25) is 0 Å². The summed E-state index contributed by atoms with van der Waals surface area (Å²) in [4.78, 5) is 90.1. The van der Waals surface area contributed by atoms with Crippen molar-refractivity contribution in [1.82, 2.24) is 20.7 Å². The average molecular weight is 1170 g/mol. The molecule has 2 aromatic rings. The lowest BCUT2D eigenvalue weighted by Crippen LogP contribution is -2.70. The molecule has 2 aromatic carbocycles. The molecule has 7 rings (SSSR count). The number of nitrogens with zero attached hydrogens (tertiary/aromatic N) is 1. The van der Waals surface area contributed by atoms with Crippen LogP contribution in [-0.4, -0.2) is 166 Å². The number of ether oxygens (including phenoxy) is 2. The molecule has 0 aromatic heterocycles. The SMILES string of the molecule is O=C(CCS(=O)(=O)C1C(F)C(F)C(NS(=O)O)C(F)C1NC1CCCCCCC1)NCCOCCOCCC(=O)NC(CSC1CC(=O)N(c2ccc(-c3c4ccc(=O)cc-4oc4cc(O)ccc34)c(C(=O)O)c2)C1=O)C(=O)O. The Morgan fingerprint density at radius 2 is 1.52 bits per heavy atom. The van der Waals surface area contributed by atoms with Gasteiger partial charge in [-0.25, -0.2) is 45.0 Å². The van der Waals surface area contributed by atoms with Crippen molar-refractivity contribution in [2.75, 3.05) is 49.4 Å². The van der Waals surface area contributed by atoms with Crippen LogP contribution in [0.25, 0.3) is 33.4 Å². The van der Waals surface area contributed by atoms with Gasteiger partial charge in [-0.2, -0.15) is 0 Å². The number of phenolic OH excluding ortho intramolecular Hbond substituents is 1. The van der Waals surface area contributed by atoms with Crippen LogP contribution in [0.1, 0.15) is 74.6 Å². The van der Waals surface area contributed by atoms with Gasteiger partial charge in [0.2, 0.25) is 34.9 Å². The molecule has 2 saturated carbocycles. The lowest BCUT2D eigenvalue weighted by Gasteiger charge is -2.44. The second-order valence-electron chi connectivity index (χ2n) is 19.3. The van der Waals surface area contributed by atoms with Crippen molar-refractivity contribution in [3.63, 3.8) is 0 Å². The quantitative estimate of drug-likeness (QED) is 0.0202. The molecule has 8 N–H and O–H groups in total. The molecule has 79 heavy (non-hydrogen) atoms. The summed E-state index contributed by atoms with van der Waals surface area (Å²) >= 11 is -2.11. The summed E-state index contributed by atoms with van der Waals surface area (Å²) in [7, 11) is -4.67. The average Bonchev–Trinajstić information content (AvgIpc) is 3.71. The fourth-order valence-electron chi connectivity index (χ4n) is 9.99. The van der Waals surface area contributed by atoms with Crippen LogP contribution < -0.4 is 31.0 Å². The predicted octanol–water partition coefficient (Wildman–Crippen LogP) is 3.81. The molecule has 3 fully saturated rings. The van der Waals surface area contributed by atoms with E-state index in [0.717, 1.165) is 54.8 Å². The van der Waals surface area contributed by atoms with Gasteiger partial charge in [-0.05, 0) is 54.8 Å². The molecule has 9 atom stereocenters. The van der Waals surface area contributed by atoms with Gasteiger partial charge in [0.25, 0.3) is 0 Å². The van der Waals surface area contributed by atoms with E-state index in [0.29, 0.717) is 29.4 Å². The first kappa shape index (κ1) is 60.6. The van der Waals surface area contributed by atoms with Crippen LogP contribution in [0.3, 0.4) is 0 Å². The van der Waals surface area contributed by atoms with Gasteiger partial charge in [0.1, 0.15) is 34.6 Å². The molecule has 5 aliphatic rings. The van der Waals surface area contributed by atoms with Crippen LogP contribution in [0, 0.1) is 0 Å². The molecule has 22 nitrogen and oxygen atoms in total. The summed E-state index contributed by atoms with van der Waals surface area (Å²) in [6.45, 7) is -0.392. The lowest BCUT2D eigenvalue weighted by molar-refractivity contribution is -0.141. The minimum Gasteiger partial charge on any atom is -0.508 e. The number of phenols is 1. The number of fused-ring (bicyclic) bond motifs is 2. The number of carboxylic acid groups (broad SMARTS) is 2. The third kappa shape index (κ3) is 15.3. The maximum absolute atomic E-state index is 15.9. The Kier molecular flexibility index (Phi) is 21.1. The van der Waals surface area contributed by atoms with Gasteiger partial charge in [-0.1, -0.05) is 38.2 Å². The molecule has 2 aliphatic heterocycles. The van der Waals surface area contributed by atoms with Gasteiger partial charge < -0.3 is 45.2 Å². The largest absolute Gasteiger partial charge is 0.508 e. The molecule has 0 bridgehead atoms. The predicted molar refractivity (Wildman–Crippen MR) is 283 cm³/mol. The Labute approximate surface area is 457 Å². The minimum atomic E-state index is -4.67. The van der Waals surface area contributed by atoms with Gasteiger partial charge in [-0.15, -0.1) is 11.8 Å². The number of aromatic carboxylic acids is 1. The summed E-state index contributed by atoms with van der Waals surface area (Å²) in [6, 6.07) is 6.31. The Bertz CT molecular complexity index is 3060. The molecule has 0 radical (unpaired) electrons. The number of anilines is 1. The number of alkyl halides is 3. The number of carbonyl (C=O) groups excluding carboxylic acids is 4. The van der Waals surface area contributed by atoms with Gasteiger partial charge in [-0.3, -0.25) is 28.5 Å². The summed E-state index contributed by atoms with van der Waals surface area (Å²) in [6.07, 6.45) is -3.91. The van der Waals surface area contributed by atoms with Crippen molar-refractivity contribution in [2.24, 2.45) is 0 Å². The fourth-order valence-corrected chi connectivity index (χ4v) is 13.6. The highest BCUT2D eigenvalue weighted by molar-refractivity contribution is 8.00. The van der Waals surface area contributed by atoms with Crippen molar-refractivity contribution in [1.29, 1.82) is 0 Å². The monoisotopic (exact) mass is 1170 g/mol. The number of hydrogen-bond acceptors (Lipinski definition) is 16. The zero-order valence-corrected chi connectivity index (χ0v) is 44.8. The summed E-state index contributed by atoms with van der Waals surface area (Å²) < 4.78 is 113. The number of halogens is 3. The van der Waals surface area contributed by atoms with Gasteiger partial charge in [0, 0.05) is 66.2 Å². The number of thioether (sulfide) groups is 1. The molecule has 2 heterocycles. The van der Waals surface area contributed by atoms with Crippen LogP contribution >= 0.6 is 11.8 Å². The summed E-state index contributed by atoms with van der Waals surface area (Å²) in [5, 5.41) is 35.2. The van der Waals surface area contributed by atoms with E-state index in [2.05, 4.69) is 16.0 Å². The molecular weight excluding hydrogens is 1110 g/mol. The number of carbonyl (C=O) groups is 6. The Morgan fingerprint density at radius 3 is 2.22 bits per heavy atom. The van der Waals surface area contributed by atoms with E-state index in [1.54, 1.807) is 4.72 Å². The minimum absolute atomic E-state index is 0.0229. The third-order valence-corrected chi connectivity index (χ3v) is 17.8.